The molecule has 2 heterocycles. The molecule has 1 fully saturated rings. The van der Waals surface area contributed by atoms with Crippen LogP contribution in [0.4, 0.5) is 26.7 Å². The molecule has 166 valence electrons. The Morgan fingerprint density at radius 2 is 1.84 bits per heavy atom. The number of carbonyl (C=O) groups is 2. The summed E-state index contributed by atoms with van der Waals surface area (Å²) >= 11 is 1.59. The Bertz CT molecular complexity index is 1050. The minimum Gasteiger partial charge on any atom is -0.397 e. The maximum Gasteiger partial charge on any atom is 0.423 e. The predicted octanol–water partition coefficient (Wildman–Crippen LogP) is 5.27. The number of anilines is 3. The quantitative estimate of drug-likeness (QED) is 0.395. The van der Waals surface area contributed by atoms with Gasteiger partial charge in [-0.2, -0.15) is 0 Å². The summed E-state index contributed by atoms with van der Waals surface area (Å²) in [6.07, 6.45) is 0.752. The lowest BCUT2D eigenvalue weighted by Crippen LogP contribution is -2.39. The van der Waals surface area contributed by atoms with E-state index >= 15 is 0 Å². The lowest BCUT2D eigenvalue weighted by Gasteiger charge is -2.24. The summed E-state index contributed by atoms with van der Waals surface area (Å²) in [5, 5.41) is 4.59. The highest BCUT2D eigenvalue weighted by molar-refractivity contribution is 7.13. The van der Waals surface area contributed by atoms with Crippen LogP contribution in [0, 0.1) is 0 Å². The second-order valence-electron chi connectivity index (χ2n) is 7.60. The molecule has 0 bridgehead atoms. The molecule has 1 aromatic heterocycles. The monoisotopic (exact) mass is 450 g/mol. The van der Waals surface area contributed by atoms with E-state index in [0.29, 0.717) is 23.6 Å². The first kappa shape index (κ1) is 21.9. The number of thiophene rings is 1. The first-order chi connectivity index (χ1) is 15.6. The van der Waals surface area contributed by atoms with Gasteiger partial charge in [0, 0.05) is 23.7 Å². The molecule has 0 atom stereocenters. The number of nitrogens with two attached hydrogens (primary N) is 1. The van der Waals surface area contributed by atoms with Gasteiger partial charge in [0.1, 0.15) is 0 Å². The molecule has 32 heavy (non-hydrogen) atoms. The van der Waals surface area contributed by atoms with Gasteiger partial charge in [-0.3, -0.25) is 10.2 Å². The Labute approximate surface area is 191 Å². The molecule has 2 aromatic carbocycles. The zero-order chi connectivity index (χ0) is 22.3. The average Bonchev–Trinajstić information content (AvgIpc) is 3.50. The zero-order valence-corrected chi connectivity index (χ0v) is 18.5. The molecule has 0 spiro atoms. The van der Waals surface area contributed by atoms with Crippen molar-refractivity contribution in [2.24, 2.45) is 0 Å². The van der Waals surface area contributed by atoms with Gasteiger partial charge in [0.2, 0.25) is 0 Å². The molecule has 7 nitrogen and oxygen atoms in total. The lowest BCUT2D eigenvalue weighted by molar-refractivity contribution is 0.164. The van der Waals surface area contributed by atoms with E-state index in [-0.39, 0.29) is 0 Å². The Balaban J connectivity index is 1.43. The van der Waals surface area contributed by atoms with Gasteiger partial charge in [0.25, 0.3) is 0 Å². The van der Waals surface area contributed by atoms with Crippen molar-refractivity contribution in [3.05, 3.63) is 66.0 Å². The van der Waals surface area contributed by atoms with Crippen LogP contribution in [0.2, 0.25) is 0 Å². The van der Waals surface area contributed by atoms with Crippen molar-refractivity contribution >= 4 is 40.6 Å². The van der Waals surface area contributed by atoms with E-state index in [0.717, 1.165) is 30.1 Å². The van der Waals surface area contributed by atoms with Crippen molar-refractivity contribution in [1.29, 1.82) is 0 Å². The Morgan fingerprint density at radius 3 is 2.56 bits per heavy atom. The number of likely N-dealkylation sites (tertiary alicyclic amines) is 1. The summed E-state index contributed by atoms with van der Waals surface area (Å²) in [6.45, 7) is 3.21. The second kappa shape index (κ2) is 10.3. The van der Waals surface area contributed by atoms with Crippen LogP contribution in [-0.2, 0) is 4.74 Å². The lowest BCUT2D eigenvalue weighted by atomic mass is 10.1. The number of hydrogen-bond acceptors (Lipinski definition) is 6. The fourth-order valence-electron chi connectivity index (χ4n) is 3.71. The number of carbonyl (C=O) groups excluding carboxylic acids is 2. The number of nitrogen functional groups attached to an aromatic ring is 1. The third-order valence-electron chi connectivity index (χ3n) is 5.40. The third kappa shape index (κ3) is 5.46. The van der Waals surface area contributed by atoms with Gasteiger partial charge in [0.15, 0.2) is 0 Å². The molecule has 0 aliphatic carbocycles. The van der Waals surface area contributed by atoms with Crippen LogP contribution in [-0.4, -0.2) is 43.3 Å². The maximum absolute atomic E-state index is 12.9. The van der Waals surface area contributed by atoms with Crippen molar-refractivity contribution in [2.75, 3.05) is 42.1 Å². The molecule has 3 aromatic rings. The molecule has 1 aliphatic heterocycles. The minimum absolute atomic E-state index is 0.392. The number of amides is 2. The summed E-state index contributed by atoms with van der Waals surface area (Å²) in [5.74, 6) is 0. The van der Waals surface area contributed by atoms with E-state index in [2.05, 4.69) is 10.2 Å². The largest absolute Gasteiger partial charge is 0.423 e. The van der Waals surface area contributed by atoms with E-state index in [1.807, 2.05) is 53.9 Å². The summed E-state index contributed by atoms with van der Waals surface area (Å²) in [7, 11) is 0. The number of nitrogens with one attached hydrogen (secondary N) is 1. The molecule has 4 rings (SSSR count). The smallest absolute Gasteiger partial charge is 0.397 e. The van der Waals surface area contributed by atoms with Crippen LogP contribution >= 0.6 is 11.3 Å². The molecular weight excluding hydrogens is 424 g/mol. The number of para-hydroxylation sites is 1. The van der Waals surface area contributed by atoms with Gasteiger partial charge in [0.05, 0.1) is 11.4 Å². The van der Waals surface area contributed by atoms with Gasteiger partial charge in [-0.05, 0) is 67.2 Å². The summed E-state index contributed by atoms with van der Waals surface area (Å²) in [4.78, 5) is 30.3. The number of ether oxygens (including phenoxy) is 1. The van der Waals surface area contributed by atoms with Gasteiger partial charge >= 0.3 is 12.2 Å². The van der Waals surface area contributed by atoms with Crippen LogP contribution in [0.1, 0.15) is 12.8 Å². The molecule has 1 aliphatic rings. The molecule has 1 saturated heterocycles. The van der Waals surface area contributed by atoms with Gasteiger partial charge in [-0.15, -0.1) is 11.3 Å². The van der Waals surface area contributed by atoms with Crippen molar-refractivity contribution in [3.63, 3.8) is 0 Å². The highest BCUT2D eigenvalue weighted by Crippen LogP contribution is 2.30. The van der Waals surface area contributed by atoms with E-state index in [4.69, 9.17) is 10.5 Å². The Kier molecular flexibility index (Phi) is 7.03. The number of rotatable bonds is 6. The second-order valence-corrected chi connectivity index (χ2v) is 8.54. The van der Waals surface area contributed by atoms with Gasteiger partial charge < -0.3 is 15.4 Å². The molecule has 0 unspecified atom stereocenters. The van der Waals surface area contributed by atoms with Gasteiger partial charge in [-0.1, -0.05) is 30.3 Å². The summed E-state index contributed by atoms with van der Waals surface area (Å²) in [5.41, 5.74) is 8.42. The molecule has 3 N–H and O–H groups in total. The SMILES string of the molecule is Nc1ccc(-c2cccs2)cc1NC(=O)OC(=O)N(CCN1CCCC1)c1ccccc1. The van der Waals surface area contributed by atoms with Crippen LogP contribution in [0.15, 0.2) is 66.0 Å². The number of hydrogen-bond donors (Lipinski definition) is 2. The Morgan fingerprint density at radius 1 is 1.06 bits per heavy atom. The predicted molar refractivity (Wildman–Crippen MR) is 129 cm³/mol. The van der Waals surface area contributed by atoms with E-state index in [9.17, 15) is 9.59 Å². The normalized spacial score (nSPS) is 13.6. The third-order valence-corrected chi connectivity index (χ3v) is 6.32. The molecule has 2 amide bonds. The van der Waals surface area contributed by atoms with Crippen LogP contribution in [0.5, 0.6) is 0 Å². The molecule has 0 radical (unpaired) electrons. The maximum atomic E-state index is 12.9. The molecule has 0 saturated carbocycles. The fourth-order valence-corrected chi connectivity index (χ4v) is 4.44. The van der Waals surface area contributed by atoms with Crippen LogP contribution in [0.3, 0.4) is 0 Å². The number of nitrogens with zero attached hydrogens (tertiary/aromatic N) is 2. The highest BCUT2D eigenvalue weighted by atomic mass is 32.1. The van der Waals surface area contributed by atoms with E-state index in [1.54, 1.807) is 23.5 Å². The van der Waals surface area contributed by atoms with E-state index in [1.165, 1.54) is 17.7 Å². The molecular formula is C24H26N4O3S. The number of benzene rings is 2. The molecule has 8 heteroatoms. The van der Waals surface area contributed by atoms with Crippen LogP contribution < -0.4 is 16.0 Å². The van der Waals surface area contributed by atoms with Crippen molar-refractivity contribution in [1.82, 2.24) is 4.90 Å². The van der Waals surface area contributed by atoms with Crippen molar-refractivity contribution in [3.8, 4) is 10.4 Å². The van der Waals surface area contributed by atoms with Crippen LogP contribution in [0.25, 0.3) is 10.4 Å². The topological polar surface area (TPSA) is 87.9 Å². The highest BCUT2D eigenvalue weighted by Gasteiger charge is 2.23. The van der Waals surface area contributed by atoms with Gasteiger partial charge in [-0.25, -0.2) is 9.59 Å². The van der Waals surface area contributed by atoms with Crippen molar-refractivity contribution < 1.29 is 14.3 Å². The minimum atomic E-state index is -0.868. The Hall–Kier alpha value is -3.36. The summed E-state index contributed by atoms with van der Waals surface area (Å²) < 4.78 is 5.14. The summed E-state index contributed by atoms with van der Waals surface area (Å²) in [6, 6.07) is 18.6. The van der Waals surface area contributed by atoms with Crippen molar-refractivity contribution in [2.45, 2.75) is 12.8 Å². The first-order valence-corrected chi connectivity index (χ1v) is 11.5. The average molecular weight is 451 g/mol. The fraction of sp³-hybridized carbons (Fsp3) is 0.250. The standard InChI is InChI=1S/C24H26N4O3S/c25-20-11-10-18(22-9-6-16-32-22)17-21(20)26-23(29)31-24(30)28(19-7-2-1-3-8-19)15-14-27-12-4-5-13-27/h1-3,6-11,16-17H,4-5,12-15,25H2,(H,26,29). The zero-order valence-electron chi connectivity index (χ0n) is 17.7. The van der Waals surface area contributed by atoms with E-state index < -0.39 is 12.2 Å². The first-order valence-electron chi connectivity index (χ1n) is 10.6.